The van der Waals surface area contributed by atoms with Crippen molar-refractivity contribution in [1.82, 2.24) is 9.80 Å². The average molecular weight is 390 g/mol. The molecule has 0 aromatic heterocycles. The number of carbonyl (C=O) groups is 1. The van der Waals surface area contributed by atoms with E-state index in [1.807, 2.05) is 35.2 Å². The van der Waals surface area contributed by atoms with Gasteiger partial charge in [0.05, 0.1) is 6.04 Å². The van der Waals surface area contributed by atoms with Crippen molar-refractivity contribution in [2.45, 2.75) is 39.2 Å². The Morgan fingerprint density at radius 1 is 1.16 bits per heavy atom. The minimum absolute atomic E-state index is 0. The first-order chi connectivity index (χ1) is 11.1. The standard InChI is InChI=1S/C19H31N3O.2ClH/c1-3-21(4-2)15-17-10-12-22(13-11-17)19(23)18(20)14-16-8-6-5-7-9-16;;/h5-9,17-18H,3-4,10-15,20H2,1-2H3;2*1H/t18-;;/m0../s1. The lowest BCUT2D eigenvalue weighted by molar-refractivity contribution is -0.134. The highest BCUT2D eigenvalue weighted by molar-refractivity contribution is 5.85. The van der Waals surface area contributed by atoms with Crippen LogP contribution in [-0.2, 0) is 11.2 Å². The number of rotatable bonds is 7. The van der Waals surface area contributed by atoms with Crippen molar-refractivity contribution in [3.8, 4) is 0 Å². The second-order valence-corrected chi connectivity index (χ2v) is 6.55. The molecule has 1 amide bonds. The van der Waals surface area contributed by atoms with E-state index in [0.29, 0.717) is 12.3 Å². The van der Waals surface area contributed by atoms with Gasteiger partial charge in [0.2, 0.25) is 5.91 Å². The second kappa shape index (κ2) is 12.5. The molecule has 25 heavy (non-hydrogen) atoms. The molecule has 0 spiro atoms. The number of hydrogen-bond acceptors (Lipinski definition) is 3. The van der Waals surface area contributed by atoms with Gasteiger partial charge >= 0.3 is 0 Å². The molecule has 6 heteroatoms. The molecule has 2 rings (SSSR count). The van der Waals surface area contributed by atoms with E-state index >= 15 is 0 Å². The summed E-state index contributed by atoms with van der Waals surface area (Å²) in [5.74, 6) is 0.819. The highest BCUT2D eigenvalue weighted by atomic mass is 35.5. The molecule has 0 bridgehead atoms. The van der Waals surface area contributed by atoms with Gasteiger partial charge in [-0.3, -0.25) is 4.79 Å². The van der Waals surface area contributed by atoms with Crippen LogP contribution in [0.5, 0.6) is 0 Å². The Kier molecular flexibility index (Phi) is 12.1. The normalized spacial score (nSPS) is 16.1. The zero-order chi connectivity index (χ0) is 16.7. The van der Waals surface area contributed by atoms with Gasteiger partial charge in [0.1, 0.15) is 0 Å². The molecule has 4 nitrogen and oxygen atoms in total. The molecule has 1 heterocycles. The number of halogens is 2. The molecular formula is C19H33Cl2N3O. The van der Waals surface area contributed by atoms with E-state index < -0.39 is 6.04 Å². The fraction of sp³-hybridized carbons (Fsp3) is 0.632. The lowest BCUT2D eigenvalue weighted by atomic mass is 9.95. The highest BCUT2D eigenvalue weighted by Gasteiger charge is 2.26. The second-order valence-electron chi connectivity index (χ2n) is 6.55. The molecular weight excluding hydrogens is 357 g/mol. The van der Waals surface area contributed by atoms with Crippen LogP contribution in [0.15, 0.2) is 30.3 Å². The fourth-order valence-electron chi connectivity index (χ4n) is 3.37. The summed E-state index contributed by atoms with van der Waals surface area (Å²) >= 11 is 0. The van der Waals surface area contributed by atoms with Gasteiger partial charge in [-0.1, -0.05) is 44.2 Å². The van der Waals surface area contributed by atoms with Crippen LogP contribution in [0, 0.1) is 5.92 Å². The molecule has 1 aromatic carbocycles. The summed E-state index contributed by atoms with van der Waals surface area (Å²) in [5.41, 5.74) is 7.27. The molecule has 0 saturated carbocycles. The summed E-state index contributed by atoms with van der Waals surface area (Å²) in [5, 5.41) is 0. The van der Waals surface area contributed by atoms with Crippen molar-refractivity contribution in [2.24, 2.45) is 11.7 Å². The number of hydrogen-bond donors (Lipinski definition) is 1. The Morgan fingerprint density at radius 3 is 2.24 bits per heavy atom. The summed E-state index contributed by atoms with van der Waals surface area (Å²) < 4.78 is 0. The van der Waals surface area contributed by atoms with Crippen LogP contribution in [0.1, 0.15) is 32.3 Å². The largest absolute Gasteiger partial charge is 0.341 e. The molecule has 1 saturated heterocycles. The van der Waals surface area contributed by atoms with E-state index in [1.54, 1.807) is 0 Å². The molecule has 0 aliphatic carbocycles. The van der Waals surface area contributed by atoms with Crippen molar-refractivity contribution < 1.29 is 4.79 Å². The third-order valence-electron chi connectivity index (χ3n) is 4.95. The molecule has 1 aromatic rings. The molecule has 0 radical (unpaired) electrons. The number of nitrogens with two attached hydrogens (primary N) is 1. The van der Waals surface area contributed by atoms with E-state index in [0.717, 1.165) is 51.1 Å². The number of likely N-dealkylation sites (tertiary alicyclic amines) is 1. The Bertz CT molecular complexity index is 475. The van der Waals surface area contributed by atoms with Gasteiger partial charge in [-0.05, 0) is 43.8 Å². The number of benzene rings is 1. The maximum atomic E-state index is 12.5. The monoisotopic (exact) mass is 389 g/mol. The van der Waals surface area contributed by atoms with Gasteiger partial charge in [0, 0.05) is 19.6 Å². The van der Waals surface area contributed by atoms with E-state index in [-0.39, 0.29) is 30.7 Å². The predicted octanol–water partition coefficient (Wildman–Crippen LogP) is 2.98. The SMILES string of the molecule is CCN(CC)CC1CCN(C(=O)[C@@H](N)Cc2ccccc2)CC1.Cl.Cl. The Balaban J connectivity index is 0.00000288. The van der Waals surface area contributed by atoms with Crippen LogP contribution in [0.2, 0.25) is 0 Å². The molecule has 1 aliphatic rings. The van der Waals surface area contributed by atoms with Crippen LogP contribution in [0.3, 0.4) is 0 Å². The average Bonchev–Trinajstić information content (AvgIpc) is 2.60. The number of carbonyl (C=O) groups excluding carboxylic acids is 1. The van der Waals surface area contributed by atoms with Crippen molar-refractivity contribution in [3.63, 3.8) is 0 Å². The zero-order valence-corrected chi connectivity index (χ0v) is 17.0. The Morgan fingerprint density at radius 2 is 1.72 bits per heavy atom. The molecule has 1 aliphatic heterocycles. The molecule has 144 valence electrons. The quantitative estimate of drug-likeness (QED) is 0.779. The summed E-state index contributed by atoms with van der Waals surface area (Å²) in [6, 6.07) is 9.61. The summed E-state index contributed by atoms with van der Waals surface area (Å²) in [4.78, 5) is 17.0. The number of amides is 1. The van der Waals surface area contributed by atoms with Gasteiger partial charge < -0.3 is 15.5 Å². The third-order valence-corrected chi connectivity index (χ3v) is 4.95. The van der Waals surface area contributed by atoms with Gasteiger partial charge in [-0.25, -0.2) is 0 Å². The Labute approximate surface area is 164 Å². The molecule has 0 unspecified atom stereocenters. The van der Waals surface area contributed by atoms with Crippen molar-refractivity contribution in [1.29, 1.82) is 0 Å². The smallest absolute Gasteiger partial charge is 0.239 e. The zero-order valence-electron chi connectivity index (χ0n) is 15.4. The third kappa shape index (κ3) is 7.53. The van der Waals surface area contributed by atoms with E-state index in [1.165, 1.54) is 0 Å². The fourth-order valence-corrected chi connectivity index (χ4v) is 3.37. The summed E-state index contributed by atoms with van der Waals surface area (Å²) in [6.07, 6.45) is 2.82. The van der Waals surface area contributed by atoms with Crippen molar-refractivity contribution >= 4 is 30.7 Å². The van der Waals surface area contributed by atoms with Gasteiger partial charge in [-0.2, -0.15) is 0 Å². The number of piperidine rings is 1. The van der Waals surface area contributed by atoms with Crippen LogP contribution in [0.4, 0.5) is 0 Å². The Hall–Kier alpha value is -0.810. The number of nitrogens with zero attached hydrogens (tertiary/aromatic N) is 2. The predicted molar refractivity (Wildman–Crippen MR) is 110 cm³/mol. The lowest BCUT2D eigenvalue weighted by Crippen LogP contribution is -2.49. The first kappa shape index (κ1) is 24.2. The molecule has 2 N–H and O–H groups in total. The van der Waals surface area contributed by atoms with Gasteiger partial charge in [-0.15, -0.1) is 24.8 Å². The van der Waals surface area contributed by atoms with E-state index in [4.69, 9.17) is 5.73 Å². The van der Waals surface area contributed by atoms with E-state index in [9.17, 15) is 4.79 Å². The van der Waals surface area contributed by atoms with Crippen LogP contribution >= 0.6 is 24.8 Å². The topological polar surface area (TPSA) is 49.6 Å². The lowest BCUT2D eigenvalue weighted by Gasteiger charge is -2.35. The van der Waals surface area contributed by atoms with Gasteiger partial charge in [0.25, 0.3) is 0 Å². The summed E-state index contributed by atoms with van der Waals surface area (Å²) in [7, 11) is 0. The first-order valence-corrected chi connectivity index (χ1v) is 8.94. The summed E-state index contributed by atoms with van der Waals surface area (Å²) in [6.45, 7) is 9.51. The maximum Gasteiger partial charge on any atom is 0.239 e. The van der Waals surface area contributed by atoms with Crippen LogP contribution < -0.4 is 5.73 Å². The molecule has 1 atom stereocenters. The first-order valence-electron chi connectivity index (χ1n) is 8.94. The van der Waals surface area contributed by atoms with Crippen LogP contribution in [-0.4, -0.2) is 54.5 Å². The molecule has 1 fully saturated rings. The maximum absolute atomic E-state index is 12.5. The van der Waals surface area contributed by atoms with Crippen molar-refractivity contribution in [3.05, 3.63) is 35.9 Å². The van der Waals surface area contributed by atoms with Crippen LogP contribution in [0.25, 0.3) is 0 Å². The minimum atomic E-state index is -0.420. The highest BCUT2D eigenvalue weighted by Crippen LogP contribution is 2.19. The van der Waals surface area contributed by atoms with Gasteiger partial charge in [0.15, 0.2) is 0 Å². The minimum Gasteiger partial charge on any atom is -0.341 e. The van der Waals surface area contributed by atoms with E-state index in [2.05, 4.69) is 18.7 Å². The van der Waals surface area contributed by atoms with Crippen molar-refractivity contribution in [2.75, 3.05) is 32.7 Å².